The molecule has 4 nitrogen and oxygen atoms in total. The molecule has 6 heteroatoms. The molecule has 0 spiro atoms. The minimum Gasteiger partial charge on any atom is -0.396 e. The maximum Gasteiger partial charge on any atom is 0.0969 e. The van der Waals surface area contributed by atoms with E-state index in [1.54, 1.807) is 13.3 Å². The number of hydrogen-bond acceptors (Lipinski definition) is 4. The number of pyridine rings is 1. The van der Waals surface area contributed by atoms with Crippen molar-refractivity contribution in [2.24, 2.45) is 5.41 Å². The van der Waals surface area contributed by atoms with Crippen LogP contribution in [0.15, 0.2) is 41.4 Å². The minimum atomic E-state index is -0.310. The fourth-order valence-corrected chi connectivity index (χ4v) is 4.14. The Bertz CT molecular complexity index is 1000. The smallest absolute Gasteiger partial charge is 0.0969 e. The zero-order valence-corrected chi connectivity index (χ0v) is 18.5. The van der Waals surface area contributed by atoms with Crippen LogP contribution in [0, 0.1) is 5.41 Å². The molecule has 0 aliphatic carbocycles. The predicted molar refractivity (Wildman–Crippen MR) is 118 cm³/mol. The summed E-state index contributed by atoms with van der Waals surface area (Å²) < 4.78 is 21.2. The lowest BCUT2D eigenvalue weighted by Crippen LogP contribution is -2.20. The van der Waals surface area contributed by atoms with E-state index in [-0.39, 0.29) is 30.3 Å². The van der Waals surface area contributed by atoms with Gasteiger partial charge in [-0.2, -0.15) is 3.89 Å². The van der Waals surface area contributed by atoms with Crippen molar-refractivity contribution < 1.29 is 13.7 Å². The largest absolute Gasteiger partial charge is 0.396 e. The van der Waals surface area contributed by atoms with E-state index >= 15 is 0 Å². The molecular formula is C23H29FN2O2S. The summed E-state index contributed by atoms with van der Waals surface area (Å²) in [6.45, 7) is 9.01. The Hall–Kier alpha value is -1.89. The van der Waals surface area contributed by atoms with Crippen LogP contribution >= 0.6 is 12.1 Å². The first-order valence-corrected chi connectivity index (χ1v) is 10.6. The van der Waals surface area contributed by atoms with Crippen LogP contribution < -0.4 is 0 Å². The number of aromatic nitrogens is 2. The normalized spacial score (nSPS) is 13.2. The Morgan fingerprint density at radius 3 is 2.69 bits per heavy atom. The van der Waals surface area contributed by atoms with Crippen LogP contribution in [0.2, 0.25) is 0 Å². The number of rotatable bonds is 8. The molecule has 1 unspecified atom stereocenters. The number of benzene rings is 1. The third-order valence-electron chi connectivity index (χ3n) is 5.46. The highest BCUT2D eigenvalue weighted by Gasteiger charge is 2.27. The van der Waals surface area contributed by atoms with Gasteiger partial charge in [0.1, 0.15) is 0 Å². The summed E-state index contributed by atoms with van der Waals surface area (Å²) in [6.07, 6.45) is 2.28. The number of ether oxygens (including phenoxy) is 1. The van der Waals surface area contributed by atoms with Crippen molar-refractivity contribution in [2.75, 3.05) is 13.7 Å². The molecule has 3 aromatic rings. The second-order valence-corrected chi connectivity index (χ2v) is 8.77. The summed E-state index contributed by atoms with van der Waals surface area (Å²) in [7, 11) is 1.68. The first kappa shape index (κ1) is 21.8. The van der Waals surface area contributed by atoms with Gasteiger partial charge in [0.15, 0.2) is 0 Å². The molecule has 0 saturated carbocycles. The lowest BCUT2D eigenvalue weighted by molar-refractivity contribution is 0.116. The highest BCUT2D eigenvalue weighted by Crippen LogP contribution is 2.41. The van der Waals surface area contributed by atoms with Gasteiger partial charge in [0, 0.05) is 47.8 Å². The van der Waals surface area contributed by atoms with Crippen molar-refractivity contribution in [3.8, 4) is 11.3 Å². The molecule has 1 N–H and O–H groups in total. The second kappa shape index (κ2) is 8.86. The van der Waals surface area contributed by atoms with E-state index in [4.69, 9.17) is 4.74 Å². The minimum absolute atomic E-state index is 0.0666. The summed E-state index contributed by atoms with van der Waals surface area (Å²) >= 11 is 0.255. The lowest BCUT2D eigenvalue weighted by Gasteiger charge is -2.23. The maximum absolute atomic E-state index is 13.4. The molecule has 156 valence electrons. The number of methoxy groups -OCH3 is 1. The number of fused-ring (bicyclic) bond motifs is 1. The molecule has 2 heterocycles. The predicted octanol–water partition coefficient (Wildman–Crippen LogP) is 5.97. The molecule has 0 fully saturated rings. The lowest BCUT2D eigenvalue weighted by atomic mass is 9.84. The van der Waals surface area contributed by atoms with E-state index in [0.717, 1.165) is 40.0 Å². The van der Waals surface area contributed by atoms with E-state index < -0.39 is 0 Å². The van der Waals surface area contributed by atoms with Crippen LogP contribution in [0.4, 0.5) is 3.89 Å². The topological polar surface area (TPSA) is 47.3 Å². The van der Waals surface area contributed by atoms with Crippen molar-refractivity contribution in [1.82, 2.24) is 9.55 Å². The van der Waals surface area contributed by atoms with Crippen molar-refractivity contribution in [3.05, 3.63) is 47.8 Å². The molecule has 29 heavy (non-hydrogen) atoms. The van der Waals surface area contributed by atoms with E-state index in [1.165, 1.54) is 0 Å². The first-order valence-electron chi connectivity index (χ1n) is 9.89. The Kier molecular flexibility index (Phi) is 6.66. The summed E-state index contributed by atoms with van der Waals surface area (Å²) in [5.74, 6) is 0. The molecule has 2 aromatic heterocycles. The van der Waals surface area contributed by atoms with Crippen molar-refractivity contribution in [3.63, 3.8) is 0 Å². The summed E-state index contributed by atoms with van der Waals surface area (Å²) in [5, 5.41) is 11.0. The average molecular weight is 417 g/mol. The monoisotopic (exact) mass is 416 g/mol. The molecule has 0 aliphatic heterocycles. The van der Waals surface area contributed by atoms with Gasteiger partial charge < -0.3 is 14.4 Å². The summed E-state index contributed by atoms with van der Waals surface area (Å²) in [5.41, 5.74) is 4.81. The molecule has 0 amide bonds. The molecule has 0 saturated heterocycles. The molecular weight excluding hydrogens is 387 g/mol. The highest BCUT2D eigenvalue weighted by atomic mass is 32.2. The van der Waals surface area contributed by atoms with Crippen LogP contribution in [-0.2, 0) is 17.7 Å². The van der Waals surface area contributed by atoms with E-state index in [0.29, 0.717) is 11.3 Å². The van der Waals surface area contributed by atoms with Gasteiger partial charge in [-0.05, 0) is 61.6 Å². The van der Waals surface area contributed by atoms with Gasteiger partial charge >= 0.3 is 0 Å². The van der Waals surface area contributed by atoms with E-state index in [1.807, 2.05) is 45.0 Å². The Morgan fingerprint density at radius 1 is 1.31 bits per heavy atom. The molecule has 0 radical (unpaired) electrons. The number of aliphatic hydroxyl groups is 1. The number of nitrogens with zero attached hydrogens (tertiary/aromatic N) is 2. The maximum atomic E-state index is 13.4. The average Bonchev–Trinajstić information content (AvgIpc) is 3.04. The Morgan fingerprint density at radius 2 is 2.07 bits per heavy atom. The molecule has 1 aromatic carbocycles. The summed E-state index contributed by atoms with van der Waals surface area (Å²) in [4.78, 5) is 5.19. The molecule has 3 rings (SSSR count). The molecule has 1 atom stereocenters. The number of aliphatic hydroxyl groups excluding tert-OH is 1. The zero-order valence-electron chi connectivity index (χ0n) is 17.7. The summed E-state index contributed by atoms with van der Waals surface area (Å²) in [6, 6.07) is 9.71. The van der Waals surface area contributed by atoms with Gasteiger partial charge in [-0.3, -0.25) is 4.98 Å². The third kappa shape index (κ3) is 4.20. The van der Waals surface area contributed by atoms with Crippen molar-refractivity contribution in [1.29, 1.82) is 0 Å². The fourth-order valence-electron chi connectivity index (χ4n) is 3.85. The zero-order chi connectivity index (χ0) is 21.2. The number of hydrogen-bond donors (Lipinski definition) is 1. The van der Waals surface area contributed by atoms with Gasteiger partial charge in [-0.1, -0.05) is 13.8 Å². The Balaban J connectivity index is 2.39. The fraction of sp³-hybridized carbons (Fsp3) is 0.435. The highest BCUT2D eigenvalue weighted by molar-refractivity contribution is 7.94. The van der Waals surface area contributed by atoms with Gasteiger partial charge in [0.2, 0.25) is 0 Å². The van der Waals surface area contributed by atoms with Gasteiger partial charge in [0.25, 0.3) is 0 Å². The van der Waals surface area contributed by atoms with Crippen LogP contribution in [0.1, 0.15) is 45.1 Å². The molecule has 0 aliphatic rings. The number of aryl methyl sites for hydroxylation is 1. The van der Waals surface area contributed by atoms with Crippen LogP contribution in [0.25, 0.3) is 22.2 Å². The third-order valence-corrected chi connectivity index (χ3v) is 5.89. The first-order chi connectivity index (χ1) is 13.9. The number of halogens is 1. The van der Waals surface area contributed by atoms with Crippen LogP contribution in [-0.4, -0.2) is 28.4 Å². The van der Waals surface area contributed by atoms with Crippen molar-refractivity contribution in [2.45, 2.75) is 51.7 Å². The van der Waals surface area contributed by atoms with Crippen LogP contribution in [0.5, 0.6) is 0 Å². The van der Waals surface area contributed by atoms with Gasteiger partial charge in [0.05, 0.1) is 29.6 Å². The quantitative estimate of drug-likeness (QED) is 0.491. The van der Waals surface area contributed by atoms with Gasteiger partial charge in [-0.15, -0.1) is 0 Å². The van der Waals surface area contributed by atoms with Crippen molar-refractivity contribution >= 4 is 23.1 Å². The van der Waals surface area contributed by atoms with E-state index in [9.17, 15) is 8.99 Å². The van der Waals surface area contributed by atoms with E-state index in [2.05, 4.69) is 22.5 Å². The Labute approximate surface area is 176 Å². The SMILES string of the molecule is CCn1c(-c2cccnc2C(C)OC)c(CC(C)(C)CO)c2cc(SF)ccc21. The van der Waals surface area contributed by atoms with Crippen LogP contribution in [0.3, 0.4) is 0 Å². The second-order valence-electron chi connectivity index (χ2n) is 8.14. The standard InChI is InChI=1S/C23H29FN2O2S/c1-6-26-20-10-9-16(29-24)12-18(20)19(13-23(3,4)14-27)22(26)17-8-7-11-25-21(17)15(2)28-5/h7-12,15,27H,6,13-14H2,1-5H3. The molecule has 0 bridgehead atoms. The van der Waals surface area contributed by atoms with Gasteiger partial charge in [-0.25, -0.2) is 0 Å².